The molecule has 0 atom stereocenters. The topological polar surface area (TPSA) is 76.0 Å². The van der Waals surface area contributed by atoms with Gasteiger partial charge in [0.25, 0.3) is 0 Å². The third-order valence-corrected chi connectivity index (χ3v) is 4.47. The summed E-state index contributed by atoms with van der Waals surface area (Å²) in [7, 11) is 0. The molecule has 2 amide bonds. The Hall–Kier alpha value is -3.38. The van der Waals surface area contributed by atoms with Crippen LogP contribution in [0.15, 0.2) is 67.1 Å². The molecule has 1 heterocycles. The van der Waals surface area contributed by atoms with Crippen LogP contribution < -0.4 is 10.6 Å². The van der Waals surface area contributed by atoms with Gasteiger partial charge in [-0.1, -0.05) is 42.8 Å². The van der Waals surface area contributed by atoms with Crippen molar-refractivity contribution in [1.29, 1.82) is 0 Å². The molecule has 0 aliphatic carbocycles. The van der Waals surface area contributed by atoms with Gasteiger partial charge in [0, 0.05) is 35.9 Å². The third kappa shape index (κ3) is 6.60. The summed E-state index contributed by atoms with van der Waals surface area (Å²) in [5.74, 6) is 0.193. The Labute approximate surface area is 180 Å². The lowest BCUT2D eigenvalue weighted by Crippen LogP contribution is -2.10. The van der Waals surface area contributed by atoms with Gasteiger partial charge in [-0.3, -0.25) is 9.59 Å². The monoisotopic (exact) mass is 422 g/mol. The maximum Gasteiger partial charge on any atom is 0.249 e. The van der Waals surface area contributed by atoms with Crippen molar-refractivity contribution in [2.24, 2.45) is 0 Å². The fourth-order valence-electron chi connectivity index (χ4n) is 2.83. The first-order valence-corrected chi connectivity index (χ1v) is 10.0. The maximum atomic E-state index is 12.2. The standard InChI is InChI=1S/C23H23ClN4O2/c1-2-4-22(29)26-20-10-7-17(8-11-20)9-12-23(30)27-21-15-28(16-25-21)14-18-5-3-6-19(24)13-18/h3,5-13,15-16H,2,4,14H2,1H3,(H,26,29)(H,27,30)/b12-9+. The number of rotatable bonds is 8. The number of hydrogen-bond donors (Lipinski definition) is 2. The number of imidazole rings is 1. The van der Waals surface area contributed by atoms with E-state index in [1.54, 1.807) is 18.6 Å². The fourth-order valence-corrected chi connectivity index (χ4v) is 3.04. The van der Waals surface area contributed by atoms with E-state index in [1.165, 1.54) is 6.08 Å². The molecule has 7 heteroatoms. The maximum absolute atomic E-state index is 12.2. The molecule has 0 aliphatic rings. The highest BCUT2D eigenvalue weighted by molar-refractivity contribution is 6.30. The zero-order valence-electron chi connectivity index (χ0n) is 16.6. The number of anilines is 2. The molecule has 154 valence electrons. The van der Waals surface area contributed by atoms with Crippen molar-refractivity contribution in [2.45, 2.75) is 26.3 Å². The van der Waals surface area contributed by atoms with Crippen LogP contribution >= 0.6 is 11.6 Å². The highest BCUT2D eigenvalue weighted by Crippen LogP contribution is 2.14. The summed E-state index contributed by atoms with van der Waals surface area (Å²) in [5, 5.41) is 6.25. The summed E-state index contributed by atoms with van der Waals surface area (Å²) in [6.45, 7) is 2.57. The minimum atomic E-state index is -0.275. The summed E-state index contributed by atoms with van der Waals surface area (Å²) in [5.41, 5.74) is 2.64. The van der Waals surface area contributed by atoms with Crippen LogP contribution in [0, 0.1) is 0 Å². The number of halogens is 1. The number of hydrogen-bond acceptors (Lipinski definition) is 3. The first-order valence-electron chi connectivity index (χ1n) is 9.67. The summed E-state index contributed by atoms with van der Waals surface area (Å²) < 4.78 is 1.87. The smallest absolute Gasteiger partial charge is 0.249 e. The Kier molecular flexibility index (Phi) is 7.40. The van der Waals surface area contributed by atoms with Gasteiger partial charge in [0.15, 0.2) is 5.82 Å². The largest absolute Gasteiger partial charge is 0.331 e. The number of benzene rings is 2. The fraction of sp³-hybridized carbons (Fsp3) is 0.174. The molecule has 0 spiro atoms. The molecule has 2 N–H and O–H groups in total. The Morgan fingerprint density at radius 1 is 1.13 bits per heavy atom. The second-order valence-corrected chi connectivity index (χ2v) is 7.24. The molecule has 0 saturated heterocycles. The Balaban J connectivity index is 1.52. The van der Waals surface area contributed by atoms with E-state index in [0.717, 1.165) is 23.2 Å². The van der Waals surface area contributed by atoms with Gasteiger partial charge in [-0.15, -0.1) is 0 Å². The molecule has 0 radical (unpaired) electrons. The lowest BCUT2D eigenvalue weighted by Gasteiger charge is -2.04. The van der Waals surface area contributed by atoms with Crippen molar-refractivity contribution < 1.29 is 9.59 Å². The van der Waals surface area contributed by atoms with Gasteiger partial charge < -0.3 is 15.2 Å². The van der Waals surface area contributed by atoms with E-state index in [-0.39, 0.29) is 11.8 Å². The molecule has 2 aromatic carbocycles. The van der Waals surface area contributed by atoms with Crippen LogP contribution in [0.4, 0.5) is 11.5 Å². The van der Waals surface area contributed by atoms with E-state index in [9.17, 15) is 9.59 Å². The Morgan fingerprint density at radius 3 is 2.67 bits per heavy atom. The van der Waals surface area contributed by atoms with Crippen LogP contribution in [0.5, 0.6) is 0 Å². The second-order valence-electron chi connectivity index (χ2n) is 6.80. The van der Waals surface area contributed by atoms with E-state index < -0.39 is 0 Å². The van der Waals surface area contributed by atoms with Crippen LogP contribution in [-0.2, 0) is 16.1 Å². The molecule has 1 aromatic heterocycles. The summed E-state index contributed by atoms with van der Waals surface area (Å²) >= 11 is 6.01. The molecular formula is C23H23ClN4O2. The third-order valence-electron chi connectivity index (χ3n) is 4.24. The molecule has 6 nitrogen and oxygen atoms in total. The van der Waals surface area contributed by atoms with Gasteiger partial charge in [0.2, 0.25) is 11.8 Å². The predicted octanol–water partition coefficient (Wildman–Crippen LogP) is 4.98. The molecule has 3 aromatic rings. The molecule has 0 aliphatic heterocycles. The number of amides is 2. The van der Waals surface area contributed by atoms with E-state index >= 15 is 0 Å². The number of aromatic nitrogens is 2. The van der Waals surface area contributed by atoms with Crippen LogP contribution in [0.25, 0.3) is 6.08 Å². The molecule has 0 bridgehead atoms. The van der Waals surface area contributed by atoms with Gasteiger partial charge in [-0.2, -0.15) is 0 Å². The van der Waals surface area contributed by atoms with Crippen LogP contribution in [0.2, 0.25) is 5.02 Å². The Morgan fingerprint density at radius 2 is 1.93 bits per heavy atom. The molecule has 3 rings (SSSR count). The molecule has 0 unspecified atom stereocenters. The van der Waals surface area contributed by atoms with Gasteiger partial charge in [-0.25, -0.2) is 4.98 Å². The number of carbonyl (C=O) groups excluding carboxylic acids is 2. The number of nitrogens with zero attached hydrogens (tertiary/aromatic N) is 2. The number of carbonyl (C=O) groups is 2. The predicted molar refractivity (Wildman–Crippen MR) is 120 cm³/mol. The molecular weight excluding hydrogens is 400 g/mol. The molecule has 30 heavy (non-hydrogen) atoms. The minimum Gasteiger partial charge on any atom is -0.331 e. The van der Waals surface area contributed by atoms with Crippen LogP contribution in [-0.4, -0.2) is 21.4 Å². The highest BCUT2D eigenvalue weighted by atomic mass is 35.5. The second kappa shape index (κ2) is 10.4. The number of nitrogens with one attached hydrogen (secondary N) is 2. The van der Waals surface area contributed by atoms with Crippen molar-refractivity contribution in [2.75, 3.05) is 10.6 Å². The van der Waals surface area contributed by atoms with Gasteiger partial charge in [0.1, 0.15) is 0 Å². The lowest BCUT2D eigenvalue weighted by atomic mass is 10.2. The zero-order chi connectivity index (χ0) is 21.3. The lowest BCUT2D eigenvalue weighted by molar-refractivity contribution is -0.116. The van der Waals surface area contributed by atoms with Gasteiger partial charge in [0.05, 0.1) is 6.33 Å². The van der Waals surface area contributed by atoms with Crippen LogP contribution in [0.3, 0.4) is 0 Å². The summed E-state index contributed by atoms with van der Waals surface area (Å²) in [4.78, 5) is 28.0. The van der Waals surface area contributed by atoms with E-state index in [0.29, 0.717) is 23.8 Å². The van der Waals surface area contributed by atoms with Crippen molar-refractivity contribution in [3.8, 4) is 0 Å². The average Bonchev–Trinajstić information content (AvgIpc) is 3.14. The van der Waals surface area contributed by atoms with Gasteiger partial charge >= 0.3 is 0 Å². The van der Waals surface area contributed by atoms with Crippen molar-refractivity contribution in [1.82, 2.24) is 9.55 Å². The van der Waals surface area contributed by atoms with E-state index in [1.807, 2.05) is 60.0 Å². The van der Waals surface area contributed by atoms with E-state index in [4.69, 9.17) is 11.6 Å². The average molecular weight is 423 g/mol. The van der Waals surface area contributed by atoms with Crippen molar-refractivity contribution in [3.05, 3.63) is 83.3 Å². The normalized spacial score (nSPS) is 10.9. The minimum absolute atomic E-state index is 0.00466. The Bertz CT molecular complexity index is 1040. The quantitative estimate of drug-likeness (QED) is 0.503. The summed E-state index contributed by atoms with van der Waals surface area (Å²) in [6, 6.07) is 14.9. The molecule has 0 fully saturated rings. The summed E-state index contributed by atoms with van der Waals surface area (Å²) in [6.07, 6.45) is 7.88. The van der Waals surface area contributed by atoms with Crippen molar-refractivity contribution >= 4 is 41.0 Å². The SMILES string of the molecule is CCCC(=O)Nc1ccc(/C=C/C(=O)Nc2cn(Cc3cccc(Cl)c3)cn2)cc1. The van der Waals surface area contributed by atoms with Crippen LogP contribution in [0.1, 0.15) is 30.9 Å². The van der Waals surface area contributed by atoms with Gasteiger partial charge in [-0.05, 0) is 47.9 Å². The van der Waals surface area contributed by atoms with E-state index in [2.05, 4.69) is 15.6 Å². The van der Waals surface area contributed by atoms with Crippen molar-refractivity contribution in [3.63, 3.8) is 0 Å². The highest BCUT2D eigenvalue weighted by Gasteiger charge is 2.04. The first kappa shape index (κ1) is 21.3. The zero-order valence-corrected chi connectivity index (χ0v) is 17.4. The first-order chi connectivity index (χ1) is 14.5. The molecule has 0 saturated carbocycles.